The summed E-state index contributed by atoms with van der Waals surface area (Å²) >= 11 is 4.78. The number of carbonyl (C=O) groups excluding carboxylic acids is 1. The third kappa shape index (κ3) is 3.79. The number of halogens is 1. The molecule has 0 saturated carbocycles. The fourth-order valence-corrected chi connectivity index (χ4v) is 3.05. The van der Waals surface area contributed by atoms with Crippen LogP contribution in [-0.2, 0) is 11.8 Å². The molecular formula is C14H17BrN4OS. The van der Waals surface area contributed by atoms with Crippen molar-refractivity contribution < 1.29 is 4.79 Å². The summed E-state index contributed by atoms with van der Waals surface area (Å²) in [4.78, 5) is 13.0. The number of nitrogens with zero attached hydrogens (tertiary/aromatic N) is 2. The molecule has 0 aliphatic rings. The van der Waals surface area contributed by atoms with Gasteiger partial charge in [0.1, 0.15) is 0 Å². The van der Waals surface area contributed by atoms with Crippen LogP contribution in [0, 0.1) is 13.8 Å². The average Bonchev–Trinajstić information content (AvgIpc) is 2.64. The second kappa shape index (κ2) is 6.53. The minimum absolute atomic E-state index is 0.0680. The quantitative estimate of drug-likeness (QED) is 0.642. The van der Waals surface area contributed by atoms with Crippen LogP contribution in [0.25, 0.3) is 0 Å². The first-order valence-electron chi connectivity index (χ1n) is 6.36. The van der Waals surface area contributed by atoms with Gasteiger partial charge in [0.2, 0.25) is 5.91 Å². The molecule has 112 valence electrons. The summed E-state index contributed by atoms with van der Waals surface area (Å²) in [5, 5.41) is 7.18. The van der Waals surface area contributed by atoms with Crippen LogP contribution in [0.2, 0.25) is 0 Å². The highest BCUT2D eigenvalue weighted by atomic mass is 79.9. The summed E-state index contributed by atoms with van der Waals surface area (Å²) < 4.78 is 2.68. The summed E-state index contributed by atoms with van der Waals surface area (Å²) in [5.74, 6) is 0.237. The molecule has 0 aliphatic heterocycles. The number of benzene rings is 1. The Bertz CT molecular complexity index is 684. The fraction of sp³-hybridized carbons (Fsp3) is 0.286. The number of rotatable bonds is 4. The van der Waals surface area contributed by atoms with Gasteiger partial charge in [-0.15, -0.1) is 11.8 Å². The molecule has 0 spiro atoms. The highest BCUT2D eigenvalue weighted by Gasteiger charge is 2.13. The maximum Gasteiger partial charge on any atom is 0.234 e. The Hall–Kier alpha value is -1.47. The van der Waals surface area contributed by atoms with Gasteiger partial charge < -0.3 is 11.1 Å². The van der Waals surface area contributed by atoms with Gasteiger partial charge in [0.05, 0.1) is 22.8 Å². The summed E-state index contributed by atoms with van der Waals surface area (Å²) in [5.41, 5.74) is 9.12. The number of amides is 1. The van der Waals surface area contributed by atoms with Gasteiger partial charge in [-0.1, -0.05) is 15.9 Å². The zero-order valence-corrected chi connectivity index (χ0v) is 14.5. The second-order valence-corrected chi connectivity index (χ2v) is 6.62. The maximum absolute atomic E-state index is 12.1. The third-order valence-electron chi connectivity index (χ3n) is 3.10. The van der Waals surface area contributed by atoms with E-state index in [0.717, 1.165) is 26.4 Å². The van der Waals surface area contributed by atoms with Crippen LogP contribution >= 0.6 is 27.7 Å². The number of hydrogen-bond acceptors (Lipinski definition) is 4. The van der Waals surface area contributed by atoms with E-state index in [1.54, 1.807) is 4.68 Å². The van der Waals surface area contributed by atoms with E-state index in [1.165, 1.54) is 11.8 Å². The van der Waals surface area contributed by atoms with Gasteiger partial charge in [-0.3, -0.25) is 9.48 Å². The van der Waals surface area contributed by atoms with Crippen molar-refractivity contribution in [1.82, 2.24) is 9.78 Å². The Kier molecular flexibility index (Phi) is 4.95. The molecule has 1 heterocycles. The monoisotopic (exact) mass is 368 g/mol. The number of aromatic nitrogens is 2. The molecular weight excluding hydrogens is 352 g/mol. The van der Waals surface area contributed by atoms with E-state index < -0.39 is 0 Å². The number of nitrogens with one attached hydrogen (secondary N) is 1. The molecule has 1 aromatic carbocycles. The molecule has 1 aromatic heterocycles. The zero-order valence-electron chi connectivity index (χ0n) is 12.1. The van der Waals surface area contributed by atoms with E-state index >= 15 is 0 Å². The van der Waals surface area contributed by atoms with E-state index in [4.69, 9.17) is 5.73 Å². The van der Waals surface area contributed by atoms with Crippen molar-refractivity contribution >= 4 is 45.0 Å². The number of carbonyl (C=O) groups is 1. The predicted molar refractivity (Wildman–Crippen MR) is 90.6 cm³/mol. The predicted octanol–water partition coefficient (Wildman–Crippen LogP) is 3.11. The van der Waals surface area contributed by atoms with Gasteiger partial charge in [0.25, 0.3) is 0 Å². The number of thioether (sulfide) groups is 1. The molecule has 7 heteroatoms. The van der Waals surface area contributed by atoms with Crippen molar-refractivity contribution in [2.45, 2.75) is 18.7 Å². The lowest BCUT2D eigenvalue weighted by Gasteiger charge is -2.07. The van der Waals surface area contributed by atoms with E-state index in [1.807, 2.05) is 39.1 Å². The highest BCUT2D eigenvalue weighted by molar-refractivity contribution is 9.10. The lowest BCUT2D eigenvalue weighted by molar-refractivity contribution is -0.113. The molecule has 1 amide bonds. The van der Waals surface area contributed by atoms with E-state index in [2.05, 4.69) is 26.3 Å². The van der Waals surface area contributed by atoms with Gasteiger partial charge in [0, 0.05) is 22.1 Å². The first-order valence-corrected chi connectivity index (χ1v) is 8.14. The van der Waals surface area contributed by atoms with Gasteiger partial charge in [0.15, 0.2) is 0 Å². The van der Waals surface area contributed by atoms with E-state index in [0.29, 0.717) is 11.4 Å². The van der Waals surface area contributed by atoms with Crippen LogP contribution in [0.5, 0.6) is 0 Å². The Morgan fingerprint density at radius 1 is 1.48 bits per heavy atom. The standard InChI is InChI=1S/C14H17BrN4OS/c1-8-14(9(2)19(3)18-8)17-13(20)7-21-12-5-4-10(15)6-11(12)16/h4-6H,7,16H2,1-3H3,(H,17,20). The minimum Gasteiger partial charge on any atom is -0.398 e. The molecule has 2 aromatic rings. The van der Waals surface area contributed by atoms with Crippen LogP contribution in [0.1, 0.15) is 11.4 Å². The molecule has 0 saturated heterocycles. The first-order chi connectivity index (χ1) is 9.88. The highest BCUT2D eigenvalue weighted by Crippen LogP contribution is 2.28. The van der Waals surface area contributed by atoms with Crippen LogP contribution in [0.4, 0.5) is 11.4 Å². The molecule has 0 unspecified atom stereocenters. The van der Waals surface area contributed by atoms with Crippen molar-refractivity contribution in [3.8, 4) is 0 Å². The molecule has 0 radical (unpaired) electrons. The lowest BCUT2D eigenvalue weighted by atomic mass is 10.3. The van der Waals surface area contributed by atoms with Gasteiger partial charge in [-0.2, -0.15) is 5.10 Å². The van der Waals surface area contributed by atoms with Crippen LogP contribution in [0.3, 0.4) is 0 Å². The molecule has 0 atom stereocenters. The Morgan fingerprint density at radius 2 is 2.19 bits per heavy atom. The normalized spacial score (nSPS) is 10.7. The van der Waals surface area contributed by atoms with Crippen LogP contribution in [0.15, 0.2) is 27.6 Å². The summed E-state index contributed by atoms with van der Waals surface area (Å²) in [6, 6.07) is 5.64. The Morgan fingerprint density at radius 3 is 2.76 bits per heavy atom. The van der Waals surface area contributed by atoms with Crippen LogP contribution in [-0.4, -0.2) is 21.4 Å². The fourth-order valence-electron chi connectivity index (χ4n) is 1.92. The Balaban J connectivity index is 1.99. The number of nitrogens with two attached hydrogens (primary N) is 1. The van der Waals surface area contributed by atoms with E-state index in [9.17, 15) is 4.79 Å². The molecule has 3 N–H and O–H groups in total. The van der Waals surface area contributed by atoms with Gasteiger partial charge >= 0.3 is 0 Å². The average molecular weight is 369 g/mol. The van der Waals surface area contributed by atoms with Crippen molar-refractivity contribution in [3.05, 3.63) is 34.1 Å². The van der Waals surface area contributed by atoms with Crippen molar-refractivity contribution in [3.63, 3.8) is 0 Å². The van der Waals surface area contributed by atoms with Crippen molar-refractivity contribution in [2.24, 2.45) is 7.05 Å². The third-order valence-corrected chi connectivity index (χ3v) is 4.69. The number of nitrogen functional groups attached to an aromatic ring is 1. The summed E-state index contributed by atoms with van der Waals surface area (Å²) in [6.07, 6.45) is 0. The molecule has 2 rings (SSSR count). The second-order valence-electron chi connectivity index (χ2n) is 4.69. The van der Waals surface area contributed by atoms with Crippen molar-refractivity contribution in [2.75, 3.05) is 16.8 Å². The van der Waals surface area contributed by atoms with E-state index in [-0.39, 0.29) is 5.91 Å². The Labute approximate surface area is 136 Å². The molecule has 5 nitrogen and oxygen atoms in total. The topological polar surface area (TPSA) is 72.9 Å². The zero-order chi connectivity index (χ0) is 15.6. The smallest absolute Gasteiger partial charge is 0.234 e. The first kappa shape index (κ1) is 15.9. The van der Waals surface area contributed by atoms with Crippen LogP contribution < -0.4 is 11.1 Å². The number of anilines is 2. The van der Waals surface area contributed by atoms with Gasteiger partial charge in [-0.05, 0) is 32.0 Å². The summed E-state index contributed by atoms with van der Waals surface area (Å²) in [7, 11) is 1.86. The van der Waals surface area contributed by atoms with Crippen molar-refractivity contribution in [1.29, 1.82) is 0 Å². The molecule has 21 heavy (non-hydrogen) atoms. The maximum atomic E-state index is 12.1. The minimum atomic E-state index is -0.0680. The molecule has 0 aliphatic carbocycles. The number of hydrogen-bond donors (Lipinski definition) is 2. The molecule has 0 fully saturated rings. The molecule has 0 bridgehead atoms. The lowest BCUT2D eigenvalue weighted by Crippen LogP contribution is -2.15. The summed E-state index contributed by atoms with van der Waals surface area (Å²) in [6.45, 7) is 3.80. The SMILES string of the molecule is Cc1nn(C)c(C)c1NC(=O)CSc1ccc(Br)cc1N. The number of aryl methyl sites for hydroxylation is 2. The largest absolute Gasteiger partial charge is 0.398 e. The van der Waals surface area contributed by atoms with Gasteiger partial charge in [-0.25, -0.2) is 0 Å².